The van der Waals surface area contributed by atoms with Crippen LogP contribution in [0.25, 0.3) is 0 Å². The maximum atomic E-state index is 9.29. The molecule has 1 heterocycles. The Morgan fingerprint density at radius 2 is 1.52 bits per heavy atom. The molecule has 0 fully saturated rings. The van der Waals surface area contributed by atoms with Crippen LogP contribution in [-0.2, 0) is 6.54 Å². The van der Waals surface area contributed by atoms with E-state index >= 15 is 0 Å². The van der Waals surface area contributed by atoms with Crippen molar-refractivity contribution in [3.63, 3.8) is 0 Å². The second-order valence-corrected chi connectivity index (χ2v) is 5.77. The van der Waals surface area contributed by atoms with Crippen molar-refractivity contribution in [3.8, 4) is 0 Å². The van der Waals surface area contributed by atoms with Crippen LogP contribution in [-0.4, -0.2) is 23.2 Å². The van der Waals surface area contributed by atoms with Gasteiger partial charge in [0.2, 0.25) is 0 Å². The molecule has 112 valence electrons. The number of hydrogen-bond donors (Lipinski definition) is 1. The minimum atomic E-state index is -0.0585. The van der Waals surface area contributed by atoms with E-state index in [-0.39, 0.29) is 27.0 Å². The van der Waals surface area contributed by atoms with Crippen LogP contribution >= 0.6 is 46.4 Å². The average molecular weight is 366 g/mol. The van der Waals surface area contributed by atoms with Crippen molar-refractivity contribution in [2.75, 3.05) is 18.1 Å². The highest BCUT2D eigenvalue weighted by atomic mass is 35.5. The number of benzene rings is 1. The number of aromatic nitrogens is 1. The van der Waals surface area contributed by atoms with Gasteiger partial charge in [-0.1, -0.05) is 76.7 Å². The van der Waals surface area contributed by atoms with Gasteiger partial charge in [0.25, 0.3) is 0 Å². The fourth-order valence-corrected chi connectivity index (χ4v) is 2.90. The van der Waals surface area contributed by atoms with Gasteiger partial charge in [0.05, 0.1) is 12.3 Å². The molecule has 2 aromatic rings. The molecule has 0 radical (unpaired) electrons. The summed E-state index contributed by atoms with van der Waals surface area (Å²) in [6, 6.07) is 9.73. The van der Waals surface area contributed by atoms with Crippen molar-refractivity contribution in [2.24, 2.45) is 0 Å². The van der Waals surface area contributed by atoms with Crippen molar-refractivity contribution >= 4 is 52.1 Å². The first-order valence-electron chi connectivity index (χ1n) is 6.14. The summed E-state index contributed by atoms with van der Waals surface area (Å²) in [7, 11) is 0. The number of pyridine rings is 1. The van der Waals surface area contributed by atoms with Gasteiger partial charge >= 0.3 is 0 Å². The van der Waals surface area contributed by atoms with E-state index < -0.39 is 0 Å². The molecule has 21 heavy (non-hydrogen) atoms. The SMILES string of the molecule is OCCN(Cc1ccccc1)c1c(Cl)c(Cl)nc(Cl)c1Cl. The van der Waals surface area contributed by atoms with Crippen LogP contribution in [0.1, 0.15) is 5.56 Å². The predicted molar refractivity (Wildman–Crippen MR) is 88.9 cm³/mol. The third-order valence-corrected chi connectivity index (χ3v) is 4.33. The van der Waals surface area contributed by atoms with E-state index in [0.717, 1.165) is 5.56 Å². The zero-order valence-electron chi connectivity index (χ0n) is 10.9. The summed E-state index contributed by atoms with van der Waals surface area (Å²) in [6.07, 6.45) is 0. The van der Waals surface area contributed by atoms with Crippen molar-refractivity contribution in [1.29, 1.82) is 0 Å². The molecule has 0 saturated heterocycles. The van der Waals surface area contributed by atoms with E-state index in [4.69, 9.17) is 46.4 Å². The highest BCUT2D eigenvalue weighted by molar-refractivity contribution is 6.48. The third kappa shape index (κ3) is 3.93. The first-order chi connectivity index (χ1) is 10.0. The highest BCUT2D eigenvalue weighted by Crippen LogP contribution is 2.41. The Morgan fingerprint density at radius 3 is 2.05 bits per heavy atom. The van der Waals surface area contributed by atoms with Crippen molar-refractivity contribution < 1.29 is 5.11 Å². The van der Waals surface area contributed by atoms with Crippen LogP contribution in [0.15, 0.2) is 30.3 Å². The molecule has 3 nitrogen and oxygen atoms in total. The number of rotatable bonds is 5. The van der Waals surface area contributed by atoms with Gasteiger partial charge in [-0.3, -0.25) is 0 Å². The monoisotopic (exact) mass is 364 g/mol. The van der Waals surface area contributed by atoms with Gasteiger partial charge in [0.1, 0.15) is 10.0 Å². The highest BCUT2D eigenvalue weighted by Gasteiger charge is 2.21. The van der Waals surface area contributed by atoms with Gasteiger partial charge in [0, 0.05) is 13.1 Å². The Hall–Kier alpha value is -0.710. The summed E-state index contributed by atoms with van der Waals surface area (Å²) in [4.78, 5) is 5.68. The first kappa shape index (κ1) is 16.7. The van der Waals surface area contributed by atoms with Gasteiger partial charge in [-0.25, -0.2) is 4.98 Å². The average Bonchev–Trinajstić information content (AvgIpc) is 2.47. The number of aliphatic hydroxyl groups excluding tert-OH is 1. The topological polar surface area (TPSA) is 36.4 Å². The molecule has 0 amide bonds. The van der Waals surface area contributed by atoms with E-state index in [0.29, 0.717) is 18.8 Å². The van der Waals surface area contributed by atoms with Crippen LogP contribution < -0.4 is 4.90 Å². The molecule has 0 unspecified atom stereocenters. The molecule has 0 aliphatic heterocycles. The lowest BCUT2D eigenvalue weighted by molar-refractivity contribution is 0.301. The van der Waals surface area contributed by atoms with Crippen LogP contribution in [0.5, 0.6) is 0 Å². The first-order valence-corrected chi connectivity index (χ1v) is 7.65. The Kier molecular flexibility index (Phi) is 5.97. The summed E-state index contributed by atoms with van der Waals surface area (Å²) in [5.74, 6) is 0. The molecule has 2 rings (SSSR count). The second-order valence-electron chi connectivity index (χ2n) is 4.30. The molecule has 1 N–H and O–H groups in total. The summed E-state index contributed by atoms with van der Waals surface area (Å²) in [6.45, 7) is 0.791. The second kappa shape index (κ2) is 7.52. The van der Waals surface area contributed by atoms with Gasteiger partial charge in [-0.05, 0) is 5.56 Å². The van der Waals surface area contributed by atoms with E-state index in [1.54, 1.807) is 0 Å². The molecule has 1 aromatic carbocycles. The normalized spacial score (nSPS) is 10.7. The lowest BCUT2D eigenvalue weighted by Crippen LogP contribution is -2.27. The molecular formula is C14H12Cl4N2O. The lowest BCUT2D eigenvalue weighted by atomic mass is 10.2. The standard InChI is InChI=1S/C14H12Cl4N2O/c15-10-12(11(16)14(18)19-13(10)17)20(6-7-21)8-9-4-2-1-3-5-9/h1-5,21H,6-8H2. The molecule has 1 aromatic heterocycles. The summed E-state index contributed by atoms with van der Waals surface area (Å²) >= 11 is 24.3. The molecule has 0 aliphatic rings. The smallest absolute Gasteiger partial charge is 0.151 e. The molecular weight excluding hydrogens is 354 g/mol. The van der Waals surface area contributed by atoms with Gasteiger partial charge < -0.3 is 10.0 Å². The van der Waals surface area contributed by atoms with Crippen molar-refractivity contribution in [3.05, 3.63) is 56.2 Å². The number of halogens is 4. The van der Waals surface area contributed by atoms with Crippen molar-refractivity contribution in [1.82, 2.24) is 4.98 Å². The minimum absolute atomic E-state index is 0.0585. The molecule has 0 saturated carbocycles. The minimum Gasteiger partial charge on any atom is -0.395 e. The summed E-state index contributed by atoms with van der Waals surface area (Å²) < 4.78 is 0. The fourth-order valence-electron chi connectivity index (χ4n) is 1.95. The van der Waals surface area contributed by atoms with Crippen LogP contribution in [0, 0.1) is 0 Å². The Labute approximate surface area is 143 Å². The van der Waals surface area contributed by atoms with Crippen LogP contribution in [0.3, 0.4) is 0 Å². The van der Waals surface area contributed by atoms with E-state index in [9.17, 15) is 5.11 Å². The maximum Gasteiger partial charge on any atom is 0.151 e. The maximum absolute atomic E-state index is 9.29. The zero-order chi connectivity index (χ0) is 15.4. The fraction of sp³-hybridized carbons (Fsp3) is 0.214. The van der Waals surface area contributed by atoms with Gasteiger partial charge in [-0.15, -0.1) is 0 Å². The number of hydrogen-bond acceptors (Lipinski definition) is 3. The Morgan fingerprint density at radius 1 is 0.952 bits per heavy atom. The van der Waals surface area contributed by atoms with E-state index in [1.165, 1.54) is 0 Å². The number of nitrogens with zero attached hydrogens (tertiary/aromatic N) is 2. The lowest BCUT2D eigenvalue weighted by Gasteiger charge is -2.26. The Bertz CT molecular complexity index is 596. The predicted octanol–water partition coefficient (Wildman–Crippen LogP) is 4.69. The third-order valence-electron chi connectivity index (χ3n) is 2.88. The van der Waals surface area contributed by atoms with Gasteiger partial charge in [-0.2, -0.15) is 0 Å². The van der Waals surface area contributed by atoms with Crippen molar-refractivity contribution in [2.45, 2.75) is 6.54 Å². The molecule has 0 bridgehead atoms. The van der Waals surface area contributed by atoms with E-state index in [1.807, 2.05) is 35.2 Å². The summed E-state index contributed by atoms with van der Waals surface area (Å²) in [5.41, 5.74) is 1.52. The number of anilines is 1. The summed E-state index contributed by atoms with van der Waals surface area (Å²) in [5, 5.41) is 9.88. The molecule has 7 heteroatoms. The van der Waals surface area contributed by atoms with Crippen LogP contribution in [0.2, 0.25) is 20.4 Å². The quantitative estimate of drug-likeness (QED) is 0.780. The molecule has 0 aliphatic carbocycles. The largest absolute Gasteiger partial charge is 0.395 e. The zero-order valence-corrected chi connectivity index (χ0v) is 13.9. The Balaban J connectivity index is 2.43. The molecule has 0 spiro atoms. The number of aliphatic hydroxyl groups is 1. The van der Waals surface area contributed by atoms with Crippen LogP contribution in [0.4, 0.5) is 5.69 Å². The van der Waals surface area contributed by atoms with Gasteiger partial charge in [0.15, 0.2) is 10.3 Å². The molecule has 0 atom stereocenters. The van der Waals surface area contributed by atoms with E-state index in [2.05, 4.69) is 4.98 Å².